The lowest BCUT2D eigenvalue weighted by molar-refractivity contribution is 0.0483. The molecule has 31 heavy (non-hydrogen) atoms. The fourth-order valence-corrected chi connectivity index (χ4v) is 4.99. The molecule has 166 valence electrons. The Morgan fingerprint density at radius 2 is 2.03 bits per heavy atom. The Hall–Kier alpha value is -2.51. The second kappa shape index (κ2) is 8.93. The largest absolute Gasteiger partial charge is 0.501 e. The highest BCUT2D eigenvalue weighted by molar-refractivity contribution is 6.04. The first-order valence-electron chi connectivity index (χ1n) is 11.4. The van der Waals surface area contributed by atoms with E-state index in [1.54, 1.807) is 7.11 Å². The summed E-state index contributed by atoms with van der Waals surface area (Å²) >= 11 is 0. The van der Waals surface area contributed by atoms with Crippen molar-refractivity contribution in [3.63, 3.8) is 0 Å². The molecular formula is C24H33N5O2. The van der Waals surface area contributed by atoms with Crippen LogP contribution in [0, 0.1) is 5.92 Å². The van der Waals surface area contributed by atoms with Gasteiger partial charge in [0.05, 0.1) is 25.5 Å². The molecule has 0 aromatic heterocycles. The molecule has 1 aliphatic carbocycles. The SMILES string of the molecule is COC1=CC(N2CCN(CC3CN=C4c5ccccc5NCOCN43)CC2)=CC(C)C1. The topological polar surface area (TPSA) is 52.6 Å². The summed E-state index contributed by atoms with van der Waals surface area (Å²) in [7, 11) is 1.78. The molecule has 0 bridgehead atoms. The van der Waals surface area contributed by atoms with Gasteiger partial charge in [-0.05, 0) is 24.1 Å². The molecule has 4 aliphatic rings. The lowest BCUT2D eigenvalue weighted by Crippen LogP contribution is -2.52. The monoisotopic (exact) mass is 423 g/mol. The number of methoxy groups -OCH3 is 1. The zero-order valence-electron chi connectivity index (χ0n) is 18.6. The lowest BCUT2D eigenvalue weighted by Gasteiger charge is -2.40. The van der Waals surface area contributed by atoms with Crippen molar-refractivity contribution in [1.29, 1.82) is 0 Å². The number of piperazine rings is 1. The summed E-state index contributed by atoms with van der Waals surface area (Å²) in [5.41, 5.74) is 3.60. The minimum Gasteiger partial charge on any atom is -0.501 e. The Balaban J connectivity index is 1.21. The zero-order valence-corrected chi connectivity index (χ0v) is 18.6. The van der Waals surface area contributed by atoms with Crippen LogP contribution in [0.2, 0.25) is 0 Å². The molecule has 2 unspecified atom stereocenters. The summed E-state index contributed by atoms with van der Waals surface area (Å²) in [4.78, 5) is 12.4. The quantitative estimate of drug-likeness (QED) is 0.803. The van der Waals surface area contributed by atoms with Gasteiger partial charge in [0.1, 0.15) is 19.3 Å². The predicted molar refractivity (Wildman–Crippen MR) is 123 cm³/mol. The Kier molecular flexibility index (Phi) is 5.87. The number of nitrogens with one attached hydrogen (secondary N) is 1. The van der Waals surface area contributed by atoms with Crippen LogP contribution in [0.15, 0.2) is 52.9 Å². The van der Waals surface area contributed by atoms with Gasteiger partial charge < -0.3 is 24.6 Å². The van der Waals surface area contributed by atoms with E-state index in [2.05, 4.69) is 63.4 Å². The minimum atomic E-state index is 0.363. The average Bonchev–Trinajstić information content (AvgIpc) is 3.16. The first-order chi connectivity index (χ1) is 15.2. The lowest BCUT2D eigenvalue weighted by atomic mass is 9.98. The third-order valence-corrected chi connectivity index (χ3v) is 6.68. The van der Waals surface area contributed by atoms with E-state index < -0.39 is 0 Å². The fourth-order valence-electron chi connectivity index (χ4n) is 4.99. The second-order valence-electron chi connectivity index (χ2n) is 8.86. The Morgan fingerprint density at radius 1 is 1.19 bits per heavy atom. The summed E-state index contributed by atoms with van der Waals surface area (Å²) < 4.78 is 11.4. The van der Waals surface area contributed by atoms with Crippen LogP contribution in [-0.4, -0.2) is 86.4 Å². The van der Waals surface area contributed by atoms with Crippen LogP contribution in [0.25, 0.3) is 0 Å². The van der Waals surface area contributed by atoms with E-state index in [1.165, 1.54) is 11.3 Å². The van der Waals surface area contributed by atoms with E-state index in [-0.39, 0.29) is 0 Å². The number of rotatable bonds is 4. The Bertz CT molecular complexity index is 888. The molecule has 7 heteroatoms. The molecule has 2 atom stereocenters. The number of aliphatic imine (C=N–C) groups is 1. The third-order valence-electron chi connectivity index (χ3n) is 6.68. The number of amidine groups is 1. The van der Waals surface area contributed by atoms with E-state index in [9.17, 15) is 0 Å². The fraction of sp³-hybridized carbons (Fsp3) is 0.542. The molecule has 7 nitrogen and oxygen atoms in total. The van der Waals surface area contributed by atoms with E-state index in [1.807, 2.05) is 0 Å². The normalized spacial score (nSPS) is 26.6. The van der Waals surface area contributed by atoms with Gasteiger partial charge in [0.2, 0.25) is 0 Å². The second-order valence-corrected chi connectivity index (χ2v) is 8.86. The van der Waals surface area contributed by atoms with Gasteiger partial charge in [0, 0.05) is 56.1 Å². The maximum absolute atomic E-state index is 5.87. The van der Waals surface area contributed by atoms with Crippen molar-refractivity contribution in [1.82, 2.24) is 14.7 Å². The van der Waals surface area contributed by atoms with Gasteiger partial charge in [-0.25, -0.2) is 0 Å². The molecule has 1 N–H and O–H groups in total. The number of hydrogen-bond acceptors (Lipinski definition) is 7. The summed E-state index contributed by atoms with van der Waals surface area (Å²) in [5.74, 6) is 2.69. The minimum absolute atomic E-state index is 0.363. The molecule has 0 spiro atoms. The number of para-hydroxylation sites is 1. The van der Waals surface area contributed by atoms with Crippen LogP contribution >= 0.6 is 0 Å². The predicted octanol–water partition coefficient (Wildman–Crippen LogP) is 2.55. The van der Waals surface area contributed by atoms with Gasteiger partial charge in [0.25, 0.3) is 0 Å². The van der Waals surface area contributed by atoms with E-state index in [0.29, 0.717) is 25.4 Å². The maximum atomic E-state index is 5.87. The van der Waals surface area contributed by atoms with Gasteiger partial charge in [-0.2, -0.15) is 0 Å². The average molecular weight is 424 g/mol. The molecule has 1 saturated heterocycles. The van der Waals surface area contributed by atoms with Gasteiger partial charge in [-0.15, -0.1) is 0 Å². The number of hydrogen-bond donors (Lipinski definition) is 1. The number of allylic oxidation sites excluding steroid dienone is 3. The summed E-state index contributed by atoms with van der Waals surface area (Å²) in [6, 6.07) is 8.75. The number of nitrogens with zero attached hydrogens (tertiary/aromatic N) is 4. The molecular weight excluding hydrogens is 390 g/mol. The van der Waals surface area contributed by atoms with Crippen molar-refractivity contribution >= 4 is 11.5 Å². The van der Waals surface area contributed by atoms with Gasteiger partial charge >= 0.3 is 0 Å². The number of anilines is 1. The molecule has 0 saturated carbocycles. The molecule has 3 heterocycles. The van der Waals surface area contributed by atoms with Crippen molar-refractivity contribution in [3.05, 3.63) is 53.4 Å². The van der Waals surface area contributed by atoms with Crippen LogP contribution in [0.3, 0.4) is 0 Å². The first kappa shape index (κ1) is 20.4. The summed E-state index contributed by atoms with van der Waals surface area (Å²) in [6.07, 6.45) is 5.61. The zero-order chi connectivity index (χ0) is 21.2. The van der Waals surface area contributed by atoms with Crippen LogP contribution in [0.4, 0.5) is 5.69 Å². The van der Waals surface area contributed by atoms with Crippen molar-refractivity contribution in [2.24, 2.45) is 10.9 Å². The third kappa shape index (κ3) is 4.29. The smallest absolute Gasteiger partial charge is 0.135 e. The molecule has 1 aromatic carbocycles. The van der Waals surface area contributed by atoms with E-state index in [0.717, 1.165) is 63.0 Å². The molecule has 5 rings (SSSR count). The van der Waals surface area contributed by atoms with Crippen LogP contribution in [-0.2, 0) is 9.47 Å². The Labute approximate surface area is 185 Å². The van der Waals surface area contributed by atoms with Crippen molar-refractivity contribution < 1.29 is 9.47 Å². The van der Waals surface area contributed by atoms with Gasteiger partial charge in [-0.1, -0.05) is 25.1 Å². The van der Waals surface area contributed by atoms with Gasteiger partial charge in [-0.3, -0.25) is 9.89 Å². The van der Waals surface area contributed by atoms with Crippen LogP contribution in [0.1, 0.15) is 18.9 Å². The number of benzene rings is 1. The first-order valence-corrected chi connectivity index (χ1v) is 11.4. The molecule has 0 radical (unpaired) electrons. The molecule has 1 fully saturated rings. The highest BCUT2D eigenvalue weighted by atomic mass is 16.5. The van der Waals surface area contributed by atoms with Crippen LogP contribution in [0.5, 0.6) is 0 Å². The Morgan fingerprint density at radius 3 is 2.87 bits per heavy atom. The molecule has 0 amide bonds. The van der Waals surface area contributed by atoms with Crippen molar-refractivity contribution in [2.75, 3.05) is 65.2 Å². The maximum Gasteiger partial charge on any atom is 0.135 e. The van der Waals surface area contributed by atoms with E-state index >= 15 is 0 Å². The van der Waals surface area contributed by atoms with Crippen molar-refractivity contribution in [2.45, 2.75) is 19.4 Å². The summed E-state index contributed by atoms with van der Waals surface area (Å²) in [5, 5.41) is 3.36. The summed E-state index contributed by atoms with van der Waals surface area (Å²) in [6.45, 7) is 9.47. The number of ether oxygens (including phenoxy) is 2. The highest BCUT2D eigenvalue weighted by Gasteiger charge is 2.33. The molecule has 3 aliphatic heterocycles. The van der Waals surface area contributed by atoms with E-state index in [4.69, 9.17) is 14.5 Å². The number of fused-ring (bicyclic) bond motifs is 3. The van der Waals surface area contributed by atoms with Crippen molar-refractivity contribution in [3.8, 4) is 0 Å². The molecule has 1 aromatic rings. The van der Waals surface area contributed by atoms with Gasteiger partial charge in [0.15, 0.2) is 0 Å². The highest BCUT2D eigenvalue weighted by Crippen LogP contribution is 2.27. The van der Waals surface area contributed by atoms with Crippen LogP contribution < -0.4 is 5.32 Å². The standard InChI is InChI=1S/C24H33N5O2/c1-18-11-19(13-21(12-18)30-2)28-9-7-27(8-10-28)15-20-14-25-24-22-5-3-4-6-23(22)26-16-31-17-29(20)24/h3-6,11,13,18,20,26H,7-10,12,14-17H2,1-2H3.